The number of nitrogens with one attached hydrogen (secondary N) is 1. The first-order valence-corrected chi connectivity index (χ1v) is 7.76. The van der Waals surface area contributed by atoms with E-state index >= 15 is 0 Å². The van der Waals surface area contributed by atoms with E-state index in [4.69, 9.17) is 4.74 Å². The molecular formula is C17H22N2O. The van der Waals surface area contributed by atoms with Crippen molar-refractivity contribution >= 4 is 10.9 Å². The lowest BCUT2D eigenvalue weighted by Crippen LogP contribution is -2.31. The van der Waals surface area contributed by atoms with Crippen molar-refractivity contribution in [2.75, 3.05) is 19.8 Å². The zero-order valence-electron chi connectivity index (χ0n) is 11.8. The van der Waals surface area contributed by atoms with Gasteiger partial charge >= 0.3 is 0 Å². The van der Waals surface area contributed by atoms with E-state index in [1.165, 1.54) is 42.3 Å². The van der Waals surface area contributed by atoms with E-state index in [-0.39, 0.29) is 0 Å². The molecule has 1 atom stereocenters. The number of benzene rings is 1. The molecule has 1 saturated carbocycles. The summed E-state index contributed by atoms with van der Waals surface area (Å²) in [7, 11) is 0. The molecule has 2 aliphatic rings. The van der Waals surface area contributed by atoms with Crippen LogP contribution in [0.25, 0.3) is 10.9 Å². The second-order valence-electron chi connectivity index (χ2n) is 6.29. The van der Waals surface area contributed by atoms with Crippen LogP contribution in [0.1, 0.15) is 24.8 Å². The topological polar surface area (TPSA) is 28.3 Å². The molecule has 1 N–H and O–H groups in total. The summed E-state index contributed by atoms with van der Waals surface area (Å²) >= 11 is 0. The Morgan fingerprint density at radius 1 is 1.20 bits per heavy atom. The predicted molar refractivity (Wildman–Crippen MR) is 80.7 cm³/mol. The molecule has 0 unspecified atom stereocenters. The average Bonchev–Trinajstić information content (AvgIpc) is 2.99. The number of ether oxygens (including phenoxy) is 1. The van der Waals surface area contributed by atoms with Gasteiger partial charge in [0.15, 0.2) is 0 Å². The largest absolute Gasteiger partial charge is 0.381 e. The van der Waals surface area contributed by atoms with Crippen LogP contribution in [0, 0.1) is 5.92 Å². The Bertz CT molecular complexity index is 581. The summed E-state index contributed by atoms with van der Waals surface area (Å²) in [5.41, 5.74) is 2.67. The summed E-state index contributed by atoms with van der Waals surface area (Å²) < 4.78 is 5.52. The molecule has 3 heteroatoms. The van der Waals surface area contributed by atoms with Crippen LogP contribution in [0.2, 0.25) is 0 Å². The van der Waals surface area contributed by atoms with Crippen LogP contribution < -0.4 is 0 Å². The highest BCUT2D eigenvalue weighted by Gasteiger charge is 2.31. The van der Waals surface area contributed by atoms with Crippen molar-refractivity contribution in [2.45, 2.75) is 31.8 Å². The first-order valence-electron chi connectivity index (χ1n) is 7.76. The standard InChI is InChI=1S/C17H22N2O/c1-4-17-15(5-7-18-17)9-13(1)10-19(16-2-3-16)11-14-6-8-20-12-14/h1,4-5,7,9,14,16,18H,2-3,6,8,10-12H2/t14-/m1/s1. The molecule has 2 aromatic rings. The van der Waals surface area contributed by atoms with Gasteiger partial charge in [-0.1, -0.05) is 6.07 Å². The highest BCUT2D eigenvalue weighted by Crippen LogP contribution is 2.30. The summed E-state index contributed by atoms with van der Waals surface area (Å²) in [4.78, 5) is 5.94. The number of rotatable bonds is 5. The van der Waals surface area contributed by atoms with Crippen molar-refractivity contribution in [3.05, 3.63) is 36.0 Å². The van der Waals surface area contributed by atoms with Gasteiger partial charge in [-0.05, 0) is 54.3 Å². The molecule has 20 heavy (non-hydrogen) atoms. The summed E-state index contributed by atoms with van der Waals surface area (Å²) in [5.74, 6) is 0.742. The molecule has 0 bridgehead atoms. The Balaban J connectivity index is 1.48. The zero-order valence-corrected chi connectivity index (χ0v) is 11.8. The molecule has 106 valence electrons. The van der Waals surface area contributed by atoms with Gasteiger partial charge in [0.1, 0.15) is 0 Å². The van der Waals surface area contributed by atoms with Crippen LogP contribution in [0.4, 0.5) is 0 Å². The smallest absolute Gasteiger partial charge is 0.0507 e. The van der Waals surface area contributed by atoms with Crippen molar-refractivity contribution in [1.82, 2.24) is 9.88 Å². The normalized spacial score (nSPS) is 22.9. The second kappa shape index (κ2) is 5.23. The molecule has 1 aromatic heterocycles. The van der Waals surface area contributed by atoms with Gasteiger partial charge in [0.2, 0.25) is 0 Å². The number of H-pyrrole nitrogens is 1. The minimum Gasteiger partial charge on any atom is -0.381 e. The van der Waals surface area contributed by atoms with Crippen molar-refractivity contribution in [2.24, 2.45) is 5.92 Å². The van der Waals surface area contributed by atoms with Gasteiger partial charge in [0, 0.05) is 37.5 Å². The Morgan fingerprint density at radius 3 is 2.95 bits per heavy atom. The molecule has 1 aromatic carbocycles. The van der Waals surface area contributed by atoms with Crippen molar-refractivity contribution in [3.8, 4) is 0 Å². The molecule has 1 aliphatic heterocycles. The van der Waals surface area contributed by atoms with Crippen LogP contribution in [0.3, 0.4) is 0 Å². The summed E-state index contributed by atoms with van der Waals surface area (Å²) in [6.07, 6.45) is 6.00. The third kappa shape index (κ3) is 2.60. The van der Waals surface area contributed by atoms with Gasteiger partial charge in [-0.25, -0.2) is 0 Å². The minimum absolute atomic E-state index is 0.742. The number of nitrogens with zero attached hydrogens (tertiary/aromatic N) is 1. The molecule has 1 saturated heterocycles. The van der Waals surface area contributed by atoms with Crippen molar-refractivity contribution in [3.63, 3.8) is 0 Å². The zero-order chi connectivity index (χ0) is 13.4. The fraction of sp³-hybridized carbons (Fsp3) is 0.529. The number of aromatic nitrogens is 1. The van der Waals surface area contributed by atoms with E-state index < -0.39 is 0 Å². The van der Waals surface area contributed by atoms with Gasteiger partial charge in [-0.15, -0.1) is 0 Å². The highest BCUT2D eigenvalue weighted by atomic mass is 16.5. The summed E-state index contributed by atoms with van der Waals surface area (Å²) in [6.45, 7) is 4.21. The molecule has 2 fully saturated rings. The lowest BCUT2D eigenvalue weighted by molar-refractivity contribution is 0.161. The fourth-order valence-corrected chi connectivity index (χ4v) is 3.28. The van der Waals surface area contributed by atoms with E-state index in [2.05, 4.69) is 34.1 Å². The van der Waals surface area contributed by atoms with Gasteiger partial charge in [0.05, 0.1) is 6.61 Å². The number of hydrogen-bond acceptors (Lipinski definition) is 2. The molecular weight excluding hydrogens is 248 g/mol. The lowest BCUT2D eigenvalue weighted by atomic mass is 10.1. The minimum atomic E-state index is 0.742. The molecule has 4 rings (SSSR count). The van der Waals surface area contributed by atoms with Crippen LogP contribution >= 0.6 is 0 Å². The summed E-state index contributed by atoms with van der Waals surface area (Å²) in [6, 6.07) is 9.77. The second-order valence-corrected chi connectivity index (χ2v) is 6.29. The van der Waals surface area contributed by atoms with Crippen molar-refractivity contribution < 1.29 is 4.74 Å². The molecule has 0 amide bonds. The maximum Gasteiger partial charge on any atom is 0.0507 e. The van der Waals surface area contributed by atoms with Gasteiger partial charge in [0.25, 0.3) is 0 Å². The summed E-state index contributed by atoms with van der Waals surface area (Å²) in [5, 5.41) is 1.32. The first-order chi connectivity index (χ1) is 9.88. The van der Waals surface area contributed by atoms with Crippen LogP contribution in [-0.2, 0) is 11.3 Å². The quantitative estimate of drug-likeness (QED) is 0.904. The maximum atomic E-state index is 5.52. The maximum absolute atomic E-state index is 5.52. The number of aromatic amines is 1. The van der Waals surface area contributed by atoms with Crippen LogP contribution in [-0.4, -0.2) is 35.7 Å². The molecule has 1 aliphatic carbocycles. The SMILES string of the molecule is c1cc2cc(CN(C[C@H]3CCOC3)C3CC3)ccc2[nH]1. The Kier molecular flexibility index (Phi) is 3.25. The molecule has 2 heterocycles. The van der Waals surface area contributed by atoms with Crippen molar-refractivity contribution in [1.29, 1.82) is 0 Å². The first kappa shape index (κ1) is 12.4. The van der Waals surface area contributed by atoms with Gasteiger partial charge in [-0.2, -0.15) is 0 Å². The Morgan fingerprint density at radius 2 is 2.15 bits per heavy atom. The number of fused-ring (bicyclic) bond motifs is 1. The molecule has 3 nitrogen and oxygen atoms in total. The predicted octanol–water partition coefficient (Wildman–Crippen LogP) is 3.17. The van der Waals surface area contributed by atoms with Gasteiger partial charge in [-0.3, -0.25) is 4.90 Å². The third-order valence-electron chi connectivity index (χ3n) is 4.58. The van der Waals surface area contributed by atoms with Gasteiger partial charge < -0.3 is 9.72 Å². The van der Waals surface area contributed by atoms with Crippen LogP contribution in [0.5, 0.6) is 0 Å². The highest BCUT2D eigenvalue weighted by molar-refractivity contribution is 5.79. The van der Waals surface area contributed by atoms with E-state index in [0.717, 1.165) is 31.7 Å². The Labute approximate surface area is 119 Å². The monoisotopic (exact) mass is 270 g/mol. The molecule has 0 radical (unpaired) electrons. The third-order valence-corrected chi connectivity index (χ3v) is 4.58. The average molecular weight is 270 g/mol. The fourth-order valence-electron chi connectivity index (χ4n) is 3.28. The van der Waals surface area contributed by atoms with E-state index in [9.17, 15) is 0 Å². The van der Waals surface area contributed by atoms with E-state index in [1.54, 1.807) is 0 Å². The van der Waals surface area contributed by atoms with E-state index in [0.29, 0.717) is 0 Å². The van der Waals surface area contributed by atoms with E-state index in [1.807, 2.05) is 6.20 Å². The van der Waals surface area contributed by atoms with Crippen LogP contribution in [0.15, 0.2) is 30.5 Å². The Hall–Kier alpha value is -1.32. The lowest BCUT2D eigenvalue weighted by Gasteiger charge is -2.25. The molecule has 0 spiro atoms. The number of hydrogen-bond donors (Lipinski definition) is 1.